The van der Waals surface area contributed by atoms with Crippen molar-refractivity contribution in [3.05, 3.63) is 38.5 Å². The summed E-state index contributed by atoms with van der Waals surface area (Å²) in [5, 5.41) is 8.94. The zero-order valence-corrected chi connectivity index (χ0v) is 11.2. The van der Waals surface area contributed by atoms with Crippen molar-refractivity contribution in [3.8, 4) is 0 Å². The lowest BCUT2D eigenvalue weighted by Gasteiger charge is -2.12. The summed E-state index contributed by atoms with van der Waals surface area (Å²) in [5.74, 6) is 0. The lowest BCUT2D eigenvalue weighted by atomic mass is 10.2. The Hall–Kier alpha value is -0.710. The second kappa shape index (κ2) is 5.57. The van der Waals surface area contributed by atoms with E-state index in [-0.39, 0.29) is 0 Å². The SMILES string of the molecule is Cc1ccsc1C(C)NCCc1nccs1. The van der Waals surface area contributed by atoms with E-state index in [1.54, 1.807) is 11.3 Å². The van der Waals surface area contributed by atoms with E-state index in [1.807, 2.05) is 22.9 Å². The van der Waals surface area contributed by atoms with Crippen LogP contribution in [0.4, 0.5) is 0 Å². The van der Waals surface area contributed by atoms with E-state index < -0.39 is 0 Å². The number of hydrogen-bond acceptors (Lipinski definition) is 4. The van der Waals surface area contributed by atoms with Gasteiger partial charge in [0.2, 0.25) is 0 Å². The number of nitrogens with one attached hydrogen (secondary N) is 1. The summed E-state index contributed by atoms with van der Waals surface area (Å²) in [7, 11) is 0. The van der Waals surface area contributed by atoms with Gasteiger partial charge in [-0.1, -0.05) is 0 Å². The lowest BCUT2D eigenvalue weighted by Crippen LogP contribution is -2.21. The maximum Gasteiger partial charge on any atom is 0.0937 e. The molecule has 0 aliphatic rings. The van der Waals surface area contributed by atoms with Crippen LogP contribution in [0.15, 0.2) is 23.0 Å². The first-order valence-electron chi connectivity index (χ1n) is 5.43. The highest BCUT2D eigenvalue weighted by Gasteiger charge is 2.08. The molecule has 0 fully saturated rings. The first-order chi connectivity index (χ1) is 7.77. The highest BCUT2D eigenvalue weighted by atomic mass is 32.1. The van der Waals surface area contributed by atoms with Gasteiger partial charge in [-0.3, -0.25) is 0 Å². The second-order valence-corrected chi connectivity index (χ2v) is 5.75. The molecule has 1 unspecified atom stereocenters. The minimum atomic E-state index is 0.444. The smallest absolute Gasteiger partial charge is 0.0937 e. The molecule has 2 aromatic heterocycles. The van der Waals surface area contributed by atoms with Crippen molar-refractivity contribution in [3.63, 3.8) is 0 Å². The van der Waals surface area contributed by atoms with Crippen LogP contribution < -0.4 is 5.32 Å². The largest absolute Gasteiger partial charge is 0.309 e. The van der Waals surface area contributed by atoms with Crippen molar-refractivity contribution >= 4 is 22.7 Å². The molecule has 1 N–H and O–H groups in total. The standard InChI is InChI=1S/C12H16N2S2/c1-9-4-7-16-12(9)10(2)13-5-3-11-14-6-8-15-11/h4,6-8,10,13H,3,5H2,1-2H3. The van der Waals surface area contributed by atoms with E-state index in [9.17, 15) is 0 Å². The molecule has 0 bridgehead atoms. The molecule has 2 rings (SSSR count). The molecule has 2 heterocycles. The van der Waals surface area contributed by atoms with Gasteiger partial charge < -0.3 is 5.32 Å². The third kappa shape index (κ3) is 2.90. The van der Waals surface area contributed by atoms with E-state index in [0.29, 0.717) is 6.04 Å². The number of hydrogen-bond donors (Lipinski definition) is 1. The molecule has 0 radical (unpaired) electrons. The lowest BCUT2D eigenvalue weighted by molar-refractivity contribution is 0.582. The molecule has 1 atom stereocenters. The number of rotatable bonds is 5. The monoisotopic (exact) mass is 252 g/mol. The van der Waals surface area contributed by atoms with Crippen LogP contribution in [-0.2, 0) is 6.42 Å². The van der Waals surface area contributed by atoms with Crippen LogP contribution in [0.2, 0.25) is 0 Å². The number of thiophene rings is 1. The van der Waals surface area contributed by atoms with Crippen LogP contribution in [0.5, 0.6) is 0 Å². The molecule has 86 valence electrons. The fourth-order valence-corrected chi connectivity index (χ4v) is 3.27. The molecule has 0 aromatic carbocycles. The fraction of sp³-hybridized carbons (Fsp3) is 0.417. The summed E-state index contributed by atoms with van der Waals surface area (Å²) in [5.41, 5.74) is 1.39. The minimum absolute atomic E-state index is 0.444. The Balaban J connectivity index is 1.80. The van der Waals surface area contributed by atoms with Gasteiger partial charge in [-0.15, -0.1) is 22.7 Å². The van der Waals surface area contributed by atoms with Gasteiger partial charge in [0, 0.05) is 35.5 Å². The predicted octanol–water partition coefficient (Wildman–Crippen LogP) is 3.41. The second-order valence-electron chi connectivity index (χ2n) is 3.82. The molecule has 16 heavy (non-hydrogen) atoms. The van der Waals surface area contributed by atoms with E-state index in [0.717, 1.165) is 13.0 Å². The molecule has 0 saturated carbocycles. The van der Waals surface area contributed by atoms with Gasteiger partial charge in [0.1, 0.15) is 0 Å². The van der Waals surface area contributed by atoms with E-state index in [1.165, 1.54) is 15.4 Å². The average molecular weight is 252 g/mol. The summed E-state index contributed by atoms with van der Waals surface area (Å²) in [6.45, 7) is 5.39. The van der Waals surface area contributed by atoms with Crippen molar-refractivity contribution in [1.82, 2.24) is 10.3 Å². The molecule has 4 heteroatoms. The molecule has 0 aliphatic heterocycles. The van der Waals surface area contributed by atoms with Gasteiger partial charge in [0.05, 0.1) is 5.01 Å². The van der Waals surface area contributed by atoms with Gasteiger partial charge in [-0.05, 0) is 30.9 Å². The van der Waals surface area contributed by atoms with Gasteiger partial charge in [0.25, 0.3) is 0 Å². The normalized spacial score (nSPS) is 12.9. The zero-order chi connectivity index (χ0) is 11.4. The molecule has 2 nitrogen and oxygen atoms in total. The zero-order valence-electron chi connectivity index (χ0n) is 9.56. The number of aromatic nitrogens is 1. The number of nitrogens with zero attached hydrogens (tertiary/aromatic N) is 1. The van der Waals surface area contributed by atoms with Crippen molar-refractivity contribution < 1.29 is 0 Å². The van der Waals surface area contributed by atoms with Gasteiger partial charge in [-0.25, -0.2) is 4.98 Å². The van der Waals surface area contributed by atoms with Gasteiger partial charge in [0.15, 0.2) is 0 Å². The average Bonchev–Trinajstić information content (AvgIpc) is 2.88. The Morgan fingerprint density at radius 1 is 1.38 bits per heavy atom. The van der Waals surface area contributed by atoms with Crippen LogP contribution in [0, 0.1) is 6.92 Å². The van der Waals surface area contributed by atoms with Gasteiger partial charge >= 0.3 is 0 Å². The molecule has 2 aromatic rings. The molecule has 0 aliphatic carbocycles. The molecular formula is C12H16N2S2. The number of thiazole rings is 1. The third-order valence-electron chi connectivity index (χ3n) is 2.57. The van der Waals surface area contributed by atoms with Gasteiger partial charge in [-0.2, -0.15) is 0 Å². The summed E-state index contributed by atoms with van der Waals surface area (Å²) in [4.78, 5) is 5.72. The van der Waals surface area contributed by atoms with E-state index >= 15 is 0 Å². The van der Waals surface area contributed by atoms with Crippen LogP contribution in [0.3, 0.4) is 0 Å². The van der Waals surface area contributed by atoms with Crippen molar-refractivity contribution in [2.24, 2.45) is 0 Å². The molecule has 0 amide bonds. The topological polar surface area (TPSA) is 24.9 Å². The van der Waals surface area contributed by atoms with Crippen LogP contribution in [0.25, 0.3) is 0 Å². The summed E-state index contributed by atoms with van der Waals surface area (Å²) >= 11 is 3.56. The van der Waals surface area contributed by atoms with Crippen molar-refractivity contribution in [1.29, 1.82) is 0 Å². The maximum atomic E-state index is 4.27. The Kier molecular flexibility index (Phi) is 4.09. The minimum Gasteiger partial charge on any atom is -0.309 e. The van der Waals surface area contributed by atoms with Crippen LogP contribution >= 0.6 is 22.7 Å². The third-order valence-corrected chi connectivity index (χ3v) is 4.61. The maximum absolute atomic E-state index is 4.27. The van der Waals surface area contributed by atoms with E-state index in [2.05, 4.69) is 35.6 Å². The predicted molar refractivity (Wildman–Crippen MR) is 71.3 cm³/mol. The first kappa shape index (κ1) is 11.8. The molecular weight excluding hydrogens is 236 g/mol. The Bertz CT molecular complexity index is 420. The molecule has 0 spiro atoms. The summed E-state index contributed by atoms with van der Waals surface area (Å²) in [6.07, 6.45) is 2.89. The summed E-state index contributed by atoms with van der Waals surface area (Å²) < 4.78 is 0. The quantitative estimate of drug-likeness (QED) is 0.882. The number of aryl methyl sites for hydroxylation is 1. The van der Waals surface area contributed by atoms with Crippen molar-refractivity contribution in [2.45, 2.75) is 26.3 Å². The van der Waals surface area contributed by atoms with Crippen LogP contribution in [-0.4, -0.2) is 11.5 Å². The first-order valence-corrected chi connectivity index (χ1v) is 7.19. The highest BCUT2D eigenvalue weighted by Crippen LogP contribution is 2.23. The van der Waals surface area contributed by atoms with Crippen LogP contribution in [0.1, 0.15) is 28.4 Å². The Morgan fingerprint density at radius 2 is 2.25 bits per heavy atom. The van der Waals surface area contributed by atoms with Crippen molar-refractivity contribution in [2.75, 3.05) is 6.54 Å². The Labute approximate surface area is 104 Å². The Morgan fingerprint density at radius 3 is 2.88 bits per heavy atom. The molecule has 0 saturated heterocycles. The highest BCUT2D eigenvalue weighted by molar-refractivity contribution is 7.10. The van der Waals surface area contributed by atoms with E-state index in [4.69, 9.17) is 0 Å². The summed E-state index contributed by atoms with van der Waals surface area (Å²) in [6, 6.07) is 2.62. The fourth-order valence-electron chi connectivity index (χ4n) is 1.69.